The molecule has 36 heavy (non-hydrogen) atoms. The van der Waals surface area contributed by atoms with Crippen LogP contribution in [0.4, 0.5) is 0 Å². The summed E-state index contributed by atoms with van der Waals surface area (Å²) in [6, 6.07) is 9.69. The molecule has 2 fully saturated rings. The number of amides is 1. The van der Waals surface area contributed by atoms with Crippen molar-refractivity contribution in [3.63, 3.8) is 0 Å². The smallest absolute Gasteiger partial charge is 0.295 e. The van der Waals surface area contributed by atoms with Gasteiger partial charge in [-0.3, -0.25) is 9.59 Å². The maximum atomic E-state index is 13.4. The highest BCUT2D eigenvalue weighted by Gasteiger charge is 2.46. The zero-order valence-electron chi connectivity index (χ0n) is 21.1. The first kappa shape index (κ1) is 25.5. The summed E-state index contributed by atoms with van der Waals surface area (Å²) < 4.78 is 21.6. The van der Waals surface area contributed by atoms with E-state index in [1.54, 1.807) is 55.5 Å². The van der Waals surface area contributed by atoms with Crippen LogP contribution in [0.1, 0.15) is 22.7 Å². The summed E-state index contributed by atoms with van der Waals surface area (Å²) in [4.78, 5) is 29.5. The van der Waals surface area contributed by atoms with Crippen LogP contribution in [0, 0.1) is 6.92 Å². The first-order valence-electron chi connectivity index (χ1n) is 12.0. The number of carbonyl (C=O) groups is 2. The molecule has 2 aliphatic rings. The van der Waals surface area contributed by atoms with Gasteiger partial charge in [0.15, 0.2) is 11.5 Å². The van der Waals surface area contributed by atoms with Crippen LogP contribution in [0.15, 0.2) is 42.0 Å². The van der Waals surface area contributed by atoms with Gasteiger partial charge in [0.05, 0.1) is 59.2 Å². The van der Waals surface area contributed by atoms with Crippen molar-refractivity contribution in [2.45, 2.75) is 13.0 Å². The topological polar surface area (TPSA) is 99.0 Å². The summed E-state index contributed by atoms with van der Waals surface area (Å²) in [5, 5.41) is 11.4. The third kappa shape index (κ3) is 4.89. The largest absolute Gasteiger partial charge is 0.507 e. The third-order valence-electron chi connectivity index (χ3n) is 6.86. The predicted octanol–water partition coefficient (Wildman–Crippen LogP) is 1.36. The second-order valence-corrected chi connectivity index (χ2v) is 8.90. The fraction of sp³-hybridized carbons (Fsp3) is 0.407. The molecule has 2 aromatic rings. The summed E-state index contributed by atoms with van der Waals surface area (Å²) in [5.41, 5.74) is 1.90. The average Bonchev–Trinajstić information content (AvgIpc) is 3.16. The molecule has 9 nitrogen and oxygen atoms in total. The van der Waals surface area contributed by atoms with Gasteiger partial charge in [-0.1, -0.05) is 6.07 Å². The van der Waals surface area contributed by atoms with Crippen molar-refractivity contribution in [1.29, 1.82) is 0 Å². The highest BCUT2D eigenvalue weighted by Crippen LogP contribution is 2.42. The molecule has 2 saturated heterocycles. The molecular weight excluding hydrogens is 464 g/mol. The fourth-order valence-electron chi connectivity index (χ4n) is 4.84. The molecule has 0 radical (unpaired) electrons. The van der Waals surface area contributed by atoms with Crippen LogP contribution in [0.25, 0.3) is 5.76 Å². The van der Waals surface area contributed by atoms with E-state index in [1.807, 2.05) is 6.92 Å². The van der Waals surface area contributed by atoms with Crippen LogP contribution in [-0.2, 0) is 14.3 Å². The minimum Gasteiger partial charge on any atom is -0.507 e. The summed E-state index contributed by atoms with van der Waals surface area (Å²) in [5.74, 6) is 0.0838. The lowest BCUT2D eigenvalue weighted by atomic mass is 9.93. The molecule has 1 atom stereocenters. The summed E-state index contributed by atoms with van der Waals surface area (Å²) >= 11 is 0. The highest BCUT2D eigenvalue weighted by molar-refractivity contribution is 6.46. The van der Waals surface area contributed by atoms with Crippen LogP contribution in [0.5, 0.6) is 17.2 Å². The number of hydrogen-bond donors (Lipinski definition) is 2. The molecule has 192 valence electrons. The number of methoxy groups -OCH3 is 3. The van der Waals surface area contributed by atoms with Gasteiger partial charge >= 0.3 is 0 Å². The SMILES string of the molecule is COc1ccc(C(O)=C2C(=O)C(=O)N(CC[NH+]3CCOCC3)C2c2ccc(OC)c(OC)c2)c(C)c1. The Hall–Kier alpha value is -3.56. The van der Waals surface area contributed by atoms with E-state index in [0.29, 0.717) is 54.7 Å². The second-order valence-electron chi connectivity index (χ2n) is 8.90. The van der Waals surface area contributed by atoms with Gasteiger partial charge in [-0.05, 0) is 48.4 Å². The number of ketones is 1. The molecule has 0 spiro atoms. The number of ether oxygens (including phenoxy) is 4. The van der Waals surface area contributed by atoms with E-state index in [2.05, 4.69) is 0 Å². The van der Waals surface area contributed by atoms with E-state index in [9.17, 15) is 14.7 Å². The van der Waals surface area contributed by atoms with Crippen LogP contribution in [-0.4, -0.2) is 82.4 Å². The van der Waals surface area contributed by atoms with Gasteiger partial charge in [0, 0.05) is 5.56 Å². The highest BCUT2D eigenvalue weighted by atomic mass is 16.5. The van der Waals surface area contributed by atoms with Gasteiger partial charge in [-0.25, -0.2) is 0 Å². The number of aryl methyl sites for hydroxylation is 1. The van der Waals surface area contributed by atoms with Crippen LogP contribution in [0.3, 0.4) is 0 Å². The predicted molar refractivity (Wildman–Crippen MR) is 133 cm³/mol. The molecule has 1 unspecified atom stereocenters. The number of Topliss-reactive ketones (excluding diaryl/α,β-unsaturated/α-hetero) is 1. The maximum Gasteiger partial charge on any atom is 0.295 e. The van der Waals surface area contributed by atoms with Gasteiger partial charge < -0.3 is 33.9 Å². The Morgan fingerprint density at radius 3 is 2.39 bits per heavy atom. The van der Waals surface area contributed by atoms with Crippen molar-refractivity contribution >= 4 is 17.4 Å². The van der Waals surface area contributed by atoms with Gasteiger partial charge in [-0.2, -0.15) is 0 Å². The number of carbonyl (C=O) groups excluding carboxylic acids is 2. The first-order chi connectivity index (χ1) is 17.4. The summed E-state index contributed by atoms with van der Waals surface area (Å²) in [6.45, 7) is 5.87. The molecule has 9 heteroatoms. The number of nitrogens with zero attached hydrogens (tertiary/aromatic N) is 1. The maximum absolute atomic E-state index is 13.4. The lowest BCUT2D eigenvalue weighted by Gasteiger charge is -2.29. The van der Waals surface area contributed by atoms with Crippen molar-refractivity contribution in [2.75, 3.05) is 60.7 Å². The standard InChI is InChI=1S/C27H32N2O7/c1-17-15-19(33-2)6-7-20(17)25(30)23-24(18-5-8-21(34-3)22(16-18)35-4)29(27(32)26(23)31)10-9-28-11-13-36-14-12-28/h5-8,15-16,24,30H,9-14H2,1-4H3/p+1. The summed E-state index contributed by atoms with van der Waals surface area (Å²) in [7, 11) is 4.63. The number of hydrogen-bond acceptors (Lipinski definition) is 7. The normalized spacial score (nSPS) is 20.0. The molecule has 2 aromatic carbocycles. The molecule has 0 aliphatic carbocycles. The molecule has 2 heterocycles. The Labute approximate surface area is 210 Å². The number of aliphatic hydroxyl groups excluding tert-OH is 1. The zero-order chi connectivity index (χ0) is 25.8. The first-order valence-corrected chi connectivity index (χ1v) is 12.0. The third-order valence-corrected chi connectivity index (χ3v) is 6.86. The van der Waals surface area contributed by atoms with Crippen LogP contribution in [0.2, 0.25) is 0 Å². The number of morpholine rings is 1. The average molecular weight is 498 g/mol. The van der Waals surface area contributed by atoms with Crippen molar-refractivity contribution in [2.24, 2.45) is 0 Å². The van der Waals surface area contributed by atoms with Gasteiger partial charge in [0.1, 0.15) is 24.6 Å². The van der Waals surface area contributed by atoms with E-state index < -0.39 is 17.7 Å². The Morgan fingerprint density at radius 1 is 1.03 bits per heavy atom. The Balaban J connectivity index is 1.80. The van der Waals surface area contributed by atoms with Crippen molar-refractivity contribution in [3.05, 3.63) is 58.7 Å². The fourth-order valence-corrected chi connectivity index (χ4v) is 4.84. The molecule has 0 saturated carbocycles. The molecule has 2 N–H and O–H groups in total. The van der Waals surface area contributed by atoms with E-state index in [-0.39, 0.29) is 11.3 Å². The van der Waals surface area contributed by atoms with Crippen LogP contribution < -0.4 is 19.1 Å². The number of likely N-dealkylation sites (tertiary alicyclic amines) is 1. The Bertz CT molecular complexity index is 1170. The minimum absolute atomic E-state index is 0.0532. The Morgan fingerprint density at radius 2 is 1.75 bits per heavy atom. The molecule has 2 aliphatic heterocycles. The zero-order valence-corrected chi connectivity index (χ0v) is 21.1. The Kier molecular flexibility index (Phi) is 7.81. The van der Waals surface area contributed by atoms with E-state index >= 15 is 0 Å². The van der Waals surface area contributed by atoms with Gasteiger partial charge in [0.2, 0.25) is 0 Å². The summed E-state index contributed by atoms with van der Waals surface area (Å²) in [6.07, 6.45) is 0. The second kappa shape index (κ2) is 11.0. The number of aliphatic hydroxyl groups is 1. The van der Waals surface area contributed by atoms with E-state index in [0.717, 1.165) is 18.7 Å². The number of quaternary nitrogens is 1. The molecule has 0 aromatic heterocycles. The lowest BCUT2D eigenvalue weighted by Crippen LogP contribution is -3.14. The minimum atomic E-state index is -0.772. The number of nitrogens with one attached hydrogen (secondary N) is 1. The van der Waals surface area contributed by atoms with Gasteiger partial charge in [-0.15, -0.1) is 0 Å². The van der Waals surface area contributed by atoms with Gasteiger partial charge in [0.25, 0.3) is 11.7 Å². The quantitative estimate of drug-likeness (QED) is 0.323. The molecular formula is C27H33N2O7+. The monoisotopic (exact) mass is 497 g/mol. The lowest BCUT2D eigenvalue weighted by molar-refractivity contribution is -0.907. The number of benzene rings is 2. The number of rotatable bonds is 8. The van der Waals surface area contributed by atoms with E-state index in [4.69, 9.17) is 18.9 Å². The van der Waals surface area contributed by atoms with Crippen molar-refractivity contribution < 1.29 is 38.5 Å². The van der Waals surface area contributed by atoms with Crippen molar-refractivity contribution in [3.8, 4) is 17.2 Å². The molecule has 4 rings (SSSR count). The van der Waals surface area contributed by atoms with Crippen LogP contribution >= 0.6 is 0 Å². The van der Waals surface area contributed by atoms with Crippen molar-refractivity contribution in [1.82, 2.24) is 4.90 Å². The van der Waals surface area contributed by atoms with E-state index in [1.165, 1.54) is 12.0 Å². The molecule has 0 bridgehead atoms. The molecule has 1 amide bonds.